The van der Waals surface area contributed by atoms with Gasteiger partial charge in [0.15, 0.2) is 0 Å². The average molecular weight is 284 g/mol. The highest BCUT2D eigenvalue weighted by atomic mass is 16.2. The summed E-state index contributed by atoms with van der Waals surface area (Å²) in [5.74, 6) is 1.05. The fourth-order valence-corrected chi connectivity index (χ4v) is 2.70. The molecule has 1 atom stereocenters. The predicted octanol–water partition coefficient (Wildman–Crippen LogP) is 0.793. The number of aromatic nitrogens is 2. The van der Waals surface area contributed by atoms with Crippen LogP contribution in [0.4, 0.5) is 0 Å². The zero-order chi connectivity index (χ0) is 14.7. The van der Waals surface area contributed by atoms with Crippen LogP contribution in [0, 0.1) is 0 Å². The van der Waals surface area contributed by atoms with Crippen molar-refractivity contribution in [3.63, 3.8) is 0 Å². The van der Waals surface area contributed by atoms with Crippen molar-refractivity contribution in [2.24, 2.45) is 7.05 Å². The fourth-order valence-electron chi connectivity index (χ4n) is 2.70. The average Bonchev–Trinajstić information content (AvgIpc) is 2.92. The summed E-state index contributed by atoms with van der Waals surface area (Å²) >= 11 is 0. The van der Waals surface area contributed by atoms with Crippen molar-refractivity contribution in [2.75, 3.05) is 6.54 Å². The Bertz CT molecular complexity index is 635. The van der Waals surface area contributed by atoms with Crippen LogP contribution in [0.25, 0.3) is 0 Å². The van der Waals surface area contributed by atoms with Gasteiger partial charge < -0.3 is 15.2 Å². The Morgan fingerprint density at radius 2 is 2.24 bits per heavy atom. The number of amides is 1. The van der Waals surface area contributed by atoms with Crippen molar-refractivity contribution in [3.05, 3.63) is 53.6 Å². The third kappa shape index (κ3) is 3.13. The van der Waals surface area contributed by atoms with Crippen molar-refractivity contribution in [1.82, 2.24) is 20.2 Å². The lowest BCUT2D eigenvalue weighted by Crippen LogP contribution is -2.48. The Balaban J connectivity index is 1.52. The summed E-state index contributed by atoms with van der Waals surface area (Å²) in [5.41, 5.74) is 2.55. The van der Waals surface area contributed by atoms with Gasteiger partial charge in [-0.1, -0.05) is 24.3 Å². The van der Waals surface area contributed by atoms with Crippen molar-refractivity contribution in [1.29, 1.82) is 0 Å². The number of nitrogens with zero attached hydrogens (tertiary/aromatic N) is 2. The number of hydrogen-bond acceptors (Lipinski definition) is 3. The molecule has 0 bridgehead atoms. The van der Waals surface area contributed by atoms with Crippen molar-refractivity contribution in [3.8, 4) is 0 Å². The number of rotatable bonds is 4. The van der Waals surface area contributed by atoms with Gasteiger partial charge in [-0.05, 0) is 17.5 Å². The Kier molecular flexibility index (Phi) is 4.01. The molecular formula is C16H20N4O. The minimum atomic E-state index is -0.138. The van der Waals surface area contributed by atoms with E-state index in [1.54, 1.807) is 6.20 Å². The third-order valence-electron chi connectivity index (χ3n) is 3.97. The molecule has 0 aliphatic carbocycles. The number of hydrogen-bond donors (Lipinski definition) is 2. The SMILES string of the molecule is Cn1ccnc1CCNC(=O)[C@@H]1Cc2ccccc2CN1. The molecule has 0 saturated carbocycles. The molecule has 1 aromatic carbocycles. The number of imidazole rings is 1. The first-order chi connectivity index (χ1) is 10.2. The van der Waals surface area contributed by atoms with E-state index >= 15 is 0 Å². The molecule has 5 nitrogen and oxygen atoms in total. The van der Waals surface area contributed by atoms with Gasteiger partial charge in [0.05, 0.1) is 6.04 Å². The smallest absolute Gasteiger partial charge is 0.237 e. The van der Waals surface area contributed by atoms with Crippen LogP contribution in [-0.4, -0.2) is 28.0 Å². The summed E-state index contributed by atoms with van der Waals surface area (Å²) in [6.45, 7) is 1.37. The summed E-state index contributed by atoms with van der Waals surface area (Å²) in [4.78, 5) is 16.5. The monoisotopic (exact) mass is 284 g/mol. The van der Waals surface area contributed by atoms with Crippen LogP contribution in [0.2, 0.25) is 0 Å². The molecule has 110 valence electrons. The van der Waals surface area contributed by atoms with Gasteiger partial charge in [0.25, 0.3) is 0 Å². The molecule has 2 aromatic rings. The number of carbonyl (C=O) groups excluding carboxylic acids is 1. The number of aryl methyl sites for hydroxylation is 1. The molecule has 2 heterocycles. The van der Waals surface area contributed by atoms with Crippen LogP contribution in [0.5, 0.6) is 0 Å². The Morgan fingerprint density at radius 3 is 3.00 bits per heavy atom. The molecular weight excluding hydrogens is 264 g/mol. The molecule has 0 spiro atoms. The predicted molar refractivity (Wildman–Crippen MR) is 80.7 cm³/mol. The van der Waals surface area contributed by atoms with E-state index in [9.17, 15) is 4.79 Å². The van der Waals surface area contributed by atoms with E-state index in [-0.39, 0.29) is 11.9 Å². The van der Waals surface area contributed by atoms with Gasteiger partial charge in [-0.25, -0.2) is 4.98 Å². The van der Waals surface area contributed by atoms with Gasteiger partial charge in [0.1, 0.15) is 5.82 Å². The van der Waals surface area contributed by atoms with Crippen molar-refractivity contribution < 1.29 is 4.79 Å². The lowest BCUT2D eigenvalue weighted by molar-refractivity contribution is -0.123. The lowest BCUT2D eigenvalue weighted by atomic mass is 9.95. The maximum absolute atomic E-state index is 12.2. The van der Waals surface area contributed by atoms with Crippen LogP contribution in [-0.2, 0) is 31.2 Å². The van der Waals surface area contributed by atoms with Crippen LogP contribution >= 0.6 is 0 Å². The van der Waals surface area contributed by atoms with Crippen LogP contribution < -0.4 is 10.6 Å². The Labute approximate surface area is 124 Å². The van der Waals surface area contributed by atoms with E-state index in [4.69, 9.17) is 0 Å². The molecule has 1 aliphatic rings. The summed E-state index contributed by atoms with van der Waals surface area (Å²) in [7, 11) is 1.96. The number of nitrogens with one attached hydrogen (secondary N) is 2. The second kappa shape index (κ2) is 6.10. The van der Waals surface area contributed by atoms with E-state index in [1.165, 1.54) is 11.1 Å². The fraction of sp³-hybridized carbons (Fsp3) is 0.375. The van der Waals surface area contributed by atoms with Gasteiger partial charge in [0, 0.05) is 39.0 Å². The van der Waals surface area contributed by atoms with Gasteiger partial charge >= 0.3 is 0 Å². The summed E-state index contributed by atoms with van der Waals surface area (Å²) in [6.07, 6.45) is 5.19. The molecule has 1 aliphatic heterocycles. The normalized spacial score (nSPS) is 17.3. The minimum absolute atomic E-state index is 0.0683. The van der Waals surface area contributed by atoms with Gasteiger partial charge in [-0.2, -0.15) is 0 Å². The van der Waals surface area contributed by atoms with Crippen LogP contribution in [0.1, 0.15) is 17.0 Å². The summed E-state index contributed by atoms with van der Waals surface area (Å²) in [5, 5.41) is 6.29. The second-order valence-electron chi connectivity index (χ2n) is 5.40. The highest BCUT2D eigenvalue weighted by Gasteiger charge is 2.23. The van der Waals surface area contributed by atoms with Crippen molar-refractivity contribution in [2.45, 2.75) is 25.4 Å². The number of fused-ring (bicyclic) bond motifs is 1. The zero-order valence-corrected chi connectivity index (χ0v) is 12.2. The van der Waals surface area contributed by atoms with E-state index < -0.39 is 0 Å². The zero-order valence-electron chi connectivity index (χ0n) is 12.2. The van der Waals surface area contributed by atoms with E-state index in [0.29, 0.717) is 6.54 Å². The molecule has 0 fully saturated rings. The van der Waals surface area contributed by atoms with E-state index in [0.717, 1.165) is 25.2 Å². The molecule has 0 unspecified atom stereocenters. The van der Waals surface area contributed by atoms with E-state index in [2.05, 4.69) is 27.8 Å². The molecule has 0 radical (unpaired) electrons. The lowest BCUT2D eigenvalue weighted by Gasteiger charge is -2.25. The second-order valence-corrected chi connectivity index (χ2v) is 5.40. The molecule has 3 rings (SSSR count). The first kappa shape index (κ1) is 13.8. The topological polar surface area (TPSA) is 59.0 Å². The standard InChI is InChI=1S/C16H20N4O/c1-20-9-8-17-15(20)6-7-18-16(21)14-10-12-4-2-3-5-13(12)11-19-14/h2-5,8-9,14,19H,6-7,10-11H2,1H3,(H,18,21)/t14-/m0/s1. The molecule has 1 aromatic heterocycles. The number of benzene rings is 1. The van der Waals surface area contributed by atoms with E-state index in [1.807, 2.05) is 29.9 Å². The third-order valence-corrected chi connectivity index (χ3v) is 3.97. The minimum Gasteiger partial charge on any atom is -0.354 e. The van der Waals surface area contributed by atoms with Crippen LogP contribution in [0.15, 0.2) is 36.7 Å². The quantitative estimate of drug-likeness (QED) is 0.873. The molecule has 1 amide bonds. The number of carbonyl (C=O) groups is 1. The van der Waals surface area contributed by atoms with Gasteiger partial charge in [0.2, 0.25) is 5.91 Å². The highest BCUT2D eigenvalue weighted by Crippen LogP contribution is 2.16. The summed E-state index contributed by atoms with van der Waals surface area (Å²) in [6, 6.07) is 8.14. The highest BCUT2D eigenvalue weighted by molar-refractivity contribution is 5.82. The summed E-state index contributed by atoms with van der Waals surface area (Å²) < 4.78 is 1.97. The molecule has 0 saturated heterocycles. The molecule has 5 heteroatoms. The van der Waals surface area contributed by atoms with Crippen molar-refractivity contribution >= 4 is 5.91 Å². The largest absolute Gasteiger partial charge is 0.354 e. The Morgan fingerprint density at radius 1 is 1.43 bits per heavy atom. The van der Waals surface area contributed by atoms with Gasteiger partial charge in [-0.15, -0.1) is 0 Å². The molecule has 2 N–H and O–H groups in total. The van der Waals surface area contributed by atoms with Crippen LogP contribution in [0.3, 0.4) is 0 Å². The Hall–Kier alpha value is -2.14. The maximum Gasteiger partial charge on any atom is 0.237 e. The molecule has 21 heavy (non-hydrogen) atoms. The first-order valence-corrected chi connectivity index (χ1v) is 7.28. The first-order valence-electron chi connectivity index (χ1n) is 7.28. The van der Waals surface area contributed by atoms with Gasteiger partial charge in [-0.3, -0.25) is 4.79 Å². The maximum atomic E-state index is 12.2.